The standard InChI is InChI=1S/C16H27NO/c1-4-16(18)17(13-14(2)3)12-8-11-15-9-6-5-7-10-15/h5-6,8,11,14-15H,4,7,9-10,12-13H2,1-3H3/b11-8-. The van der Waals surface area contributed by atoms with Crippen LogP contribution < -0.4 is 0 Å². The van der Waals surface area contributed by atoms with Crippen LogP contribution in [0.1, 0.15) is 46.5 Å². The summed E-state index contributed by atoms with van der Waals surface area (Å²) >= 11 is 0. The molecule has 0 heterocycles. The average Bonchev–Trinajstić information content (AvgIpc) is 2.37. The minimum atomic E-state index is 0.261. The van der Waals surface area contributed by atoms with Gasteiger partial charge in [-0.3, -0.25) is 4.79 Å². The number of hydrogen-bond acceptors (Lipinski definition) is 1. The smallest absolute Gasteiger partial charge is 0.222 e. The highest BCUT2D eigenvalue weighted by Crippen LogP contribution is 2.19. The third-order valence-electron chi connectivity index (χ3n) is 3.28. The maximum atomic E-state index is 11.8. The van der Waals surface area contributed by atoms with Crippen LogP contribution >= 0.6 is 0 Å². The lowest BCUT2D eigenvalue weighted by Crippen LogP contribution is -2.33. The summed E-state index contributed by atoms with van der Waals surface area (Å²) in [4.78, 5) is 13.8. The molecule has 0 saturated heterocycles. The Morgan fingerprint density at radius 3 is 2.78 bits per heavy atom. The molecule has 0 bridgehead atoms. The van der Waals surface area contributed by atoms with Gasteiger partial charge in [0.1, 0.15) is 0 Å². The molecule has 0 N–H and O–H groups in total. The first kappa shape index (κ1) is 15.0. The number of carbonyl (C=O) groups excluding carboxylic acids is 1. The van der Waals surface area contributed by atoms with E-state index < -0.39 is 0 Å². The normalized spacial score (nSPS) is 19.7. The lowest BCUT2D eigenvalue weighted by molar-refractivity contribution is -0.130. The first-order valence-electron chi connectivity index (χ1n) is 7.23. The molecule has 0 aliphatic heterocycles. The molecule has 102 valence electrons. The van der Waals surface area contributed by atoms with Crippen LogP contribution in [0.3, 0.4) is 0 Å². The van der Waals surface area contributed by atoms with Crippen molar-refractivity contribution in [2.24, 2.45) is 11.8 Å². The quantitative estimate of drug-likeness (QED) is 0.656. The van der Waals surface area contributed by atoms with E-state index in [-0.39, 0.29) is 5.91 Å². The van der Waals surface area contributed by atoms with E-state index in [4.69, 9.17) is 0 Å². The Labute approximate surface area is 112 Å². The lowest BCUT2D eigenvalue weighted by atomic mass is 9.94. The molecule has 0 spiro atoms. The van der Waals surface area contributed by atoms with Gasteiger partial charge in [0.25, 0.3) is 0 Å². The molecule has 0 fully saturated rings. The molecule has 2 nitrogen and oxygen atoms in total. The number of hydrogen-bond donors (Lipinski definition) is 0. The van der Waals surface area contributed by atoms with E-state index in [1.807, 2.05) is 11.8 Å². The van der Waals surface area contributed by atoms with Gasteiger partial charge < -0.3 is 4.90 Å². The highest BCUT2D eigenvalue weighted by Gasteiger charge is 2.11. The Morgan fingerprint density at radius 2 is 2.22 bits per heavy atom. The largest absolute Gasteiger partial charge is 0.339 e. The Kier molecular flexibility index (Phi) is 6.77. The Morgan fingerprint density at radius 1 is 1.44 bits per heavy atom. The zero-order valence-electron chi connectivity index (χ0n) is 12.1. The van der Waals surface area contributed by atoms with Gasteiger partial charge in [-0.05, 0) is 31.1 Å². The Hall–Kier alpha value is -1.05. The fourth-order valence-electron chi connectivity index (χ4n) is 2.31. The summed E-state index contributed by atoms with van der Waals surface area (Å²) in [6.07, 6.45) is 13.2. The molecule has 18 heavy (non-hydrogen) atoms. The summed E-state index contributed by atoms with van der Waals surface area (Å²) in [7, 11) is 0. The van der Waals surface area contributed by atoms with Crippen LogP contribution in [0.5, 0.6) is 0 Å². The molecule has 0 aromatic rings. The fourth-order valence-corrected chi connectivity index (χ4v) is 2.31. The predicted octanol–water partition coefficient (Wildman–Crippen LogP) is 3.79. The minimum absolute atomic E-state index is 0.261. The molecule has 2 heteroatoms. The summed E-state index contributed by atoms with van der Waals surface area (Å²) in [5.74, 6) is 1.47. The minimum Gasteiger partial charge on any atom is -0.339 e. The van der Waals surface area contributed by atoms with Gasteiger partial charge in [-0.15, -0.1) is 0 Å². The summed E-state index contributed by atoms with van der Waals surface area (Å²) in [6, 6.07) is 0. The van der Waals surface area contributed by atoms with Crippen LogP contribution in [-0.4, -0.2) is 23.9 Å². The maximum absolute atomic E-state index is 11.8. The highest BCUT2D eigenvalue weighted by atomic mass is 16.2. The van der Waals surface area contributed by atoms with Crippen LogP contribution in [0, 0.1) is 11.8 Å². The van der Waals surface area contributed by atoms with E-state index in [0.29, 0.717) is 18.3 Å². The number of amides is 1. The van der Waals surface area contributed by atoms with E-state index in [1.54, 1.807) is 0 Å². The molecular formula is C16H27NO. The fraction of sp³-hybridized carbons (Fsp3) is 0.688. The second kappa shape index (κ2) is 8.12. The summed E-state index contributed by atoms with van der Waals surface area (Å²) in [5.41, 5.74) is 0. The topological polar surface area (TPSA) is 20.3 Å². The van der Waals surface area contributed by atoms with Crippen LogP contribution in [0.25, 0.3) is 0 Å². The van der Waals surface area contributed by atoms with Crippen LogP contribution in [0.15, 0.2) is 24.3 Å². The van der Waals surface area contributed by atoms with Crippen molar-refractivity contribution in [1.29, 1.82) is 0 Å². The number of rotatable bonds is 6. The monoisotopic (exact) mass is 249 g/mol. The first-order valence-corrected chi connectivity index (χ1v) is 7.23. The number of nitrogens with zero attached hydrogens (tertiary/aromatic N) is 1. The van der Waals surface area contributed by atoms with Crippen molar-refractivity contribution >= 4 is 5.91 Å². The zero-order chi connectivity index (χ0) is 13.4. The third-order valence-corrected chi connectivity index (χ3v) is 3.28. The van der Waals surface area contributed by atoms with E-state index in [9.17, 15) is 4.79 Å². The second-order valence-corrected chi connectivity index (χ2v) is 5.52. The average molecular weight is 249 g/mol. The maximum Gasteiger partial charge on any atom is 0.222 e. The molecule has 1 atom stereocenters. The second-order valence-electron chi connectivity index (χ2n) is 5.52. The van der Waals surface area contributed by atoms with Crippen molar-refractivity contribution in [3.63, 3.8) is 0 Å². The summed E-state index contributed by atoms with van der Waals surface area (Å²) in [5, 5.41) is 0. The number of allylic oxidation sites excluding steroid dienone is 3. The van der Waals surface area contributed by atoms with E-state index in [0.717, 1.165) is 19.5 Å². The van der Waals surface area contributed by atoms with Crippen molar-refractivity contribution in [2.45, 2.75) is 46.5 Å². The van der Waals surface area contributed by atoms with Crippen LogP contribution in [0.4, 0.5) is 0 Å². The number of carbonyl (C=O) groups is 1. The van der Waals surface area contributed by atoms with Crippen LogP contribution in [0.2, 0.25) is 0 Å². The van der Waals surface area contributed by atoms with Crippen molar-refractivity contribution in [1.82, 2.24) is 4.90 Å². The molecule has 1 unspecified atom stereocenters. The van der Waals surface area contributed by atoms with Gasteiger partial charge in [-0.25, -0.2) is 0 Å². The molecular weight excluding hydrogens is 222 g/mol. The van der Waals surface area contributed by atoms with Gasteiger partial charge >= 0.3 is 0 Å². The Balaban J connectivity index is 2.42. The SMILES string of the molecule is CCC(=O)N(C/C=C\C1CC=CCC1)CC(C)C. The summed E-state index contributed by atoms with van der Waals surface area (Å²) < 4.78 is 0. The van der Waals surface area contributed by atoms with Crippen LogP contribution in [-0.2, 0) is 4.79 Å². The van der Waals surface area contributed by atoms with Gasteiger partial charge in [0.05, 0.1) is 0 Å². The molecule has 1 aliphatic rings. The molecule has 0 aromatic carbocycles. The zero-order valence-corrected chi connectivity index (χ0v) is 12.1. The molecule has 1 rings (SSSR count). The molecule has 1 aliphatic carbocycles. The van der Waals surface area contributed by atoms with Crippen molar-refractivity contribution in [3.8, 4) is 0 Å². The predicted molar refractivity (Wildman–Crippen MR) is 77.3 cm³/mol. The Bertz CT molecular complexity index is 304. The third kappa shape index (κ3) is 5.52. The first-order chi connectivity index (χ1) is 8.63. The van der Waals surface area contributed by atoms with Gasteiger partial charge in [0.15, 0.2) is 0 Å². The van der Waals surface area contributed by atoms with E-state index in [2.05, 4.69) is 38.2 Å². The van der Waals surface area contributed by atoms with E-state index >= 15 is 0 Å². The van der Waals surface area contributed by atoms with Crippen molar-refractivity contribution in [2.75, 3.05) is 13.1 Å². The highest BCUT2D eigenvalue weighted by molar-refractivity contribution is 5.75. The van der Waals surface area contributed by atoms with Crippen molar-refractivity contribution < 1.29 is 4.79 Å². The molecule has 1 amide bonds. The van der Waals surface area contributed by atoms with Gasteiger partial charge in [0, 0.05) is 19.5 Å². The molecule has 0 saturated carbocycles. The van der Waals surface area contributed by atoms with Gasteiger partial charge in [-0.1, -0.05) is 45.1 Å². The van der Waals surface area contributed by atoms with E-state index in [1.165, 1.54) is 12.8 Å². The molecule has 0 radical (unpaired) electrons. The lowest BCUT2D eigenvalue weighted by Gasteiger charge is -2.23. The summed E-state index contributed by atoms with van der Waals surface area (Å²) in [6.45, 7) is 7.88. The van der Waals surface area contributed by atoms with Gasteiger partial charge in [0.2, 0.25) is 5.91 Å². The van der Waals surface area contributed by atoms with Gasteiger partial charge in [-0.2, -0.15) is 0 Å². The molecule has 0 aromatic heterocycles. The van der Waals surface area contributed by atoms with Crippen molar-refractivity contribution in [3.05, 3.63) is 24.3 Å².